The van der Waals surface area contributed by atoms with E-state index in [4.69, 9.17) is 18.9 Å². The van der Waals surface area contributed by atoms with E-state index in [0.717, 1.165) is 19.3 Å². The number of esters is 4. The van der Waals surface area contributed by atoms with E-state index in [1.165, 1.54) is 0 Å². The Bertz CT molecular complexity index is 725. The zero-order valence-corrected chi connectivity index (χ0v) is 24.5. The summed E-state index contributed by atoms with van der Waals surface area (Å²) in [5, 5.41) is 0. The summed E-state index contributed by atoms with van der Waals surface area (Å²) in [6.07, 6.45) is 3.59. The quantitative estimate of drug-likeness (QED) is 0.135. The number of nitrogens with zero attached hydrogens (tertiary/aromatic N) is 1. The molecule has 0 aromatic rings. The van der Waals surface area contributed by atoms with Crippen molar-refractivity contribution < 1.29 is 38.1 Å². The second-order valence-corrected chi connectivity index (χ2v) is 10.6. The number of ether oxygens (including phenoxy) is 4. The molecule has 0 N–H and O–H groups in total. The van der Waals surface area contributed by atoms with Crippen molar-refractivity contribution in [1.29, 1.82) is 0 Å². The Morgan fingerprint density at radius 2 is 1.21 bits per heavy atom. The fourth-order valence-electron chi connectivity index (χ4n) is 4.54. The van der Waals surface area contributed by atoms with Gasteiger partial charge in [-0.25, -0.2) is 0 Å². The van der Waals surface area contributed by atoms with Gasteiger partial charge < -0.3 is 18.9 Å². The van der Waals surface area contributed by atoms with Gasteiger partial charge >= 0.3 is 23.9 Å². The van der Waals surface area contributed by atoms with Crippen LogP contribution in [0.4, 0.5) is 0 Å². The topological polar surface area (TPSA) is 108 Å². The predicted octanol–water partition coefficient (Wildman–Crippen LogP) is 4.98. The van der Waals surface area contributed by atoms with Crippen molar-refractivity contribution in [2.24, 2.45) is 5.92 Å². The fraction of sp³-hybridized carbons (Fsp3) is 0.862. The van der Waals surface area contributed by atoms with Gasteiger partial charge in [0, 0.05) is 32.2 Å². The largest absolute Gasteiger partial charge is 0.464 e. The highest BCUT2D eigenvalue weighted by Gasteiger charge is 2.50. The standard InChI is InChI=1S/C29H51NO8/c1-7-13-24(31)35-20-22-28(37-26(33)15-9-3)29(38-27(34)16-10-4)23(36-25(32)14-8-2)19-30(22)18-12-11-17-21(5)6/h21-23,28-29H,7-20H2,1-6H3/t22-,23+,28-,29-/m1/s1. The van der Waals surface area contributed by atoms with Crippen LogP contribution in [0.3, 0.4) is 0 Å². The molecule has 1 rings (SSSR count). The zero-order chi connectivity index (χ0) is 28.5. The van der Waals surface area contributed by atoms with Crippen LogP contribution in [0.15, 0.2) is 0 Å². The first-order valence-corrected chi connectivity index (χ1v) is 14.6. The second-order valence-electron chi connectivity index (χ2n) is 10.6. The molecule has 0 amide bonds. The second kappa shape index (κ2) is 19.0. The summed E-state index contributed by atoms with van der Waals surface area (Å²) < 4.78 is 23.2. The number of hydrogen-bond donors (Lipinski definition) is 0. The Morgan fingerprint density at radius 1 is 0.711 bits per heavy atom. The average Bonchev–Trinajstić information content (AvgIpc) is 2.84. The van der Waals surface area contributed by atoms with Crippen molar-refractivity contribution in [1.82, 2.24) is 4.90 Å². The molecule has 0 radical (unpaired) electrons. The van der Waals surface area contributed by atoms with Gasteiger partial charge in [0.25, 0.3) is 0 Å². The molecule has 38 heavy (non-hydrogen) atoms. The lowest BCUT2D eigenvalue weighted by molar-refractivity contribution is -0.210. The molecule has 1 fully saturated rings. The molecule has 0 unspecified atom stereocenters. The summed E-state index contributed by atoms with van der Waals surface area (Å²) in [4.78, 5) is 52.3. The molecule has 1 aliphatic heterocycles. The van der Waals surface area contributed by atoms with E-state index in [2.05, 4.69) is 18.7 Å². The van der Waals surface area contributed by atoms with Gasteiger partial charge in [-0.15, -0.1) is 0 Å². The third-order valence-electron chi connectivity index (χ3n) is 6.48. The Balaban J connectivity index is 3.37. The van der Waals surface area contributed by atoms with Crippen molar-refractivity contribution in [3.8, 4) is 0 Å². The summed E-state index contributed by atoms with van der Waals surface area (Å²) in [6.45, 7) is 12.8. The van der Waals surface area contributed by atoms with Crippen LogP contribution in [-0.2, 0) is 38.1 Å². The minimum atomic E-state index is -0.988. The smallest absolute Gasteiger partial charge is 0.306 e. The maximum absolute atomic E-state index is 12.7. The van der Waals surface area contributed by atoms with Crippen molar-refractivity contribution in [3.05, 3.63) is 0 Å². The van der Waals surface area contributed by atoms with Gasteiger partial charge in [0.05, 0.1) is 6.04 Å². The van der Waals surface area contributed by atoms with E-state index < -0.39 is 36.3 Å². The summed E-state index contributed by atoms with van der Waals surface area (Å²) in [6, 6.07) is -0.531. The normalized spacial score (nSPS) is 21.7. The lowest BCUT2D eigenvalue weighted by Crippen LogP contribution is -2.65. The first kappa shape index (κ1) is 33.9. The number of unbranched alkanes of at least 4 members (excludes halogenated alkanes) is 1. The highest BCUT2D eigenvalue weighted by atomic mass is 16.6. The molecule has 1 heterocycles. The molecular weight excluding hydrogens is 490 g/mol. The van der Waals surface area contributed by atoms with Gasteiger partial charge in [-0.3, -0.25) is 24.1 Å². The Hall–Kier alpha value is -2.16. The van der Waals surface area contributed by atoms with Crippen molar-refractivity contribution in [3.63, 3.8) is 0 Å². The van der Waals surface area contributed by atoms with E-state index >= 15 is 0 Å². The highest BCUT2D eigenvalue weighted by Crippen LogP contribution is 2.29. The number of hydrogen-bond acceptors (Lipinski definition) is 9. The summed E-state index contributed by atoms with van der Waals surface area (Å²) in [7, 11) is 0. The van der Waals surface area contributed by atoms with Crippen LogP contribution in [0, 0.1) is 5.92 Å². The van der Waals surface area contributed by atoms with Gasteiger partial charge in [0.2, 0.25) is 0 Å². The SMILES string of the molecule is CCCC(=O)OC[C@@H]1[C@@H](OC(=O)CCC)[C@H](OC(=O)CCC)[C@@H](OC(=O)CCC)CN1CCCCC(C)C. The van der Waals surface area contributed by atoms with E-state index in [1.807, 2.05) is 27.7 Å². The molecule has 0 spiro atoms. The summed E-state index contributed by atoms with van der Waals surface area (Å²) in [5.74, 6) is -1.02. The number of rotatable bonds is 18. The summed E-state index contributed by atoms with van der Waals surface area (Å²) >= 11 is 0. The first-order valence-electron chi connectivity index (χ1n) is 14.6. The molecule has 0 saturated carbocycles. The monoisotopic (exact) mass is 541 g/mol. The van der Waals surface area contributed by atoms with Crippen LogP contribution in [0.2, 0.25) is 0 Å². The Kier molecular flexibility index (Phi) is 16.9. The molecular formula is C29H51NO8. The van der Waals surface area contributed by atoms with Crippen LogP contribution >= 0.6 is 0 Å². The van der Waals surface area contributed by atoms with Gasteiger partial charge in [0.1, 0.15) is 6.61 Å². The minimum absolute atomic E-state index is 0.00938. The van der Waals surface area contributed by atoms with Gasteiger partial charge in [0.15, 0.2) is 18.3 Å². The Morgan fingerprint density at radius 3 is 1.74 bits per heavy atom. The molecule has 9 heteroatoms. The van der Waals surface area contributed by atoms with Crippen molar-refractivity contribution in [2.75, 3.05) is 19.7 Å². The zero-order valence-electron chi connectivity index (χ0n) is 24.5. The van der Waals surface area contributed by atoms with Crippen LogP contribution in [-0.4, -0.2) is 72.8 Å². The Labute approximate surface area is 229 Å². The maximum Gasteiger partial charge on any atom is 0.306 e. The number of carbonyl (C=O) groups is 4. The van der Waals surface area contributed by atoms with Crippen molar-refractivity contribution in [2.45, 2.75) is 137 Å². The molecule has 9 nitrogen and oxygen atoms in total. The first-order chi connectivity index (χ1) is 18.2. The predicted molar refractivity (Wildman–Crippen MR) is 144 cm³/mol. The van der Waals surface area contributed by atoms with E-state index in [9.17, 15) is 19.2 Å². The van der Waals surface area contributed by atoms with Crippen LogP contribution in [0.5, 0.6) is 0 Å². The molecule has 0 aromatic heterocycles. The highest BCUT2D eigenvalue weighted by molar-refractivity contribution is 5.72. The molecule has 0 bridgehead atoms. The van der Waals surface area contributed by atoms with Gasteiger partial charge in [-0.2, -0.15) is 0 Å². The van der Waals surface area contributed by atoms with Crippen molar-refractivity contribution >= 4 is 23.9 Å². The van der Waals surface area contributed by atoms with Crippen LogP contribution in [0.25, 0.3) is 0 Å². The third kappa shape index (κ3) is 12.6. The van der Waals surface area contributed by atoms with Crippen LogP contribution in [0.1, 0.15) is 112 Å². The molecule has 1 aliphatic rings. The molecule has 1 saturated heterocycles. The lowest BCUT2D eigenvalue weighted by Gasteiger charge is -2.47. The minimum Gasteiger partial charge on any atom is -0.464 e. The van der Waals surface area contributed by atoms with E-state index in [0.29, 0.717) is 44.7 Å². The summed E-state index contributed by atoms with van der Waals surface area (Å²) in [5.41, 5.74) is 0. The van der Waals surface area contributed by atoms with Gasteiger partial charge in [-0.1, -0.05) is 54.4 Å². The van der Waals surface area contributed by atoms with E-state index in [-0.39, 0.29) is 44.2 Å². The average molecular weight is 542 g/mol. The third-order valence-corrected chi connectivity index (χ3v) is 6.48. The molecule has 4 atom stereocenters. The van der Waals surface area contributed by atoms with E-state index in [1.54, 1.807) is 0 Å². The fourth-order valence-corrected chi connectivity index (χ4v) is 4.54. The van der Waals surface area contributed by atoms with Crippen LogP contribution < -0.4 is 0 Å². The molecule has 0 aromatic carbocycles. The molecule has 220 valence electrons. The number of carbonyl (C=O) groups excluding carboxylic acids is 4. The number of piperidine rings is 1. The molecule has 0 aliphatic carbocycles. The maximum atomic E-state index is 12.7. The van der Waals surface area contributed by atoms with Gasteiger partial charge in [-0.05, 0) is 44.6 Å². The number of likely N-dealkylation sites (tertiary alicyclic amines) is 1. The lowest BCUT2D eigenvalue weighted by atomic mass is 9.92.